The fourth-order valence-corrected chi connectivity index (χ4v) is 2.29. The van der Waals surface area contributed by atoms with Gasteiger partial charge in [0.15, 0.2) is 6.49 Å². The molecule has 0 aliphatic carbocycles. The monoisotopic (exact) mass is 216 g/mol. The second-order valence-corrected chi connectivity index (χ2v) is 7.49. The van der Waals surface area contributed by atoms with Crippen molar-refractivity contribution in [1.82, 2.24) is 0 Å². The molecule has 2 nitrogen and oxygen atoms in total. The van der Waals surface area contributed by atoms with E-state index < -0.39 is 11.7 Å². The number of halogens is 2. The van der Waals surface area contributed by atoms with Crippen LogP contribution < -0.4 is 0 Å². The van der Waals surface area contributed by atoms with Gasteiger partial charge in [0.2, 0.25) is 5.24 Å². The van der Waals surface area contributed by atoms with Crippen molar-refractivity contribution in [3.05, 3.63) is 0 Å². The van der Waals surface area contributed by atoms with E-state index in [1.807, 2.05) is 0 Å². The Morgan fingerprint density at radius 1 is 1.64 bits per heavy atom. The minimum absolute atomic E-state index is 0.0934. The van der Waals surface area contributed by atoms with Gasteiger partial charge < -0.3 is 4.57 Å². The van der Waals surface area contributed by atoms with E-state index >= 15 is 0 Å². The van der Waals surface area contributed by atoms with Gasteiger partial charge in [-0.3, -0.25) is 4.79 Å². The third-order valence-electron chi connectivity index (χ3n) is 1.55. The summed E-state index contributed by atoms with van der Waals surface area (Å²) in [6.07, 6.45) is 0.496. The van der Waals surface area contributed by atoms with Crippen molar-refractivity contribution in [2.75, 3.05) is 6.16 Å². The fourth-order valence-electron chi connectivity index (χ4n) is 0.680. The van der Waals surface area contributed by atoms with Crippen LogP contribution >= 0.6 is 29.3 Å². The quantitative estimate of drug-likeness (QED) is 0.535. The zero-order valence-corrected chi connectivity index (χ0v) is 8.92. The molecular weight excluding hydrogens is 206 g/mol. The summed E-state index contributed by atoms with van der Waals surface area (Å²) in [6.45, 7) is 0.766. The Morgan fingerprint density at radius 3 is 2.36 bits per heavy atom. The molecule has 11 heavy (non-hydrogen) atoms. The summed E-state index contributed by atoms with van der Waals surface area (Å²) in [5.74, 6) is 0. The molecule has 5 heteroatoms. The van der Waals surface area contributed by atoms with E-state index in [2.05, 4.69) is 0 Å². The van der Waals surface area contributed by atoms with E-state index in [1.165, 1.54) is 0 Å². The molecule has 2 atom stereocenters. The summed E-state index contributed by atoms with van der Waals surface area (Å²) in [7, 11) is 0. The first-order chi connectivity index (χ1) is 4.90. The van der Waals surface area contributed by atoms with Crippen molar-refractivity contribution in [2.24, 2.45) is 0 Å². The van der Waals surface area contributed by atoms with Gasteiger partial charge in [-0.1, -0.05) is 25.1 Å². The Hall–Kier alpha value is 0.480. The van der Waals surface area contributed by atoms with Gasteiger partial charge in [-0.15, -0.1) is 0 Å². The molecule has 0 fully saturated rings. The van der Waals surface area contributed by atoms with Crippen LogP contribution in [0, 0.1) is 0 Å². The predicted octanol–water partition coefficient (Wildman–Crippen LogP) is 3.07. The van der Waals surface area contributed by atoms with Crippen LogP contribution in [0.1, 0.15) is 20.3 Å². The number of carbonyl (C=O) groups is 1. The molecule has 0 aromatic heterocycles. The third-order valence-corrected chi connectivity index (χ3v) is 5.78. The summed E-state index contributed by atoms with van der Waals surface area (Å²) in [4.78, 5) is 10.4. The average molecular weight is 217 g/mol. The highest BCUT2D eigenvalue weighted by atomic mass is 35.7. The van der Waals surface area contributed by atoms with Gasteiger partial charge in [-0.05, 0) is 11.6 Å². The minimum Gasteiger partial charge on any atom is -0.306 e. The molecule has 0 aliphatic heterocycles. The maximum Gasteiger partial charge on any atom is 0.222 e. The van der Waals surface area contributed by atoms with Gasteiger partial charge in [-0.25, -0.2) is 0 Å². The third kappa shape index (κ3) is 4.15. The fraction of sp³-hybridized carbons (Fsp3) is 0.833. The molecule has 66 valence electrons. The molecule has 0 radical (unpaired) electrons. The van der Waals surface area contributed by atoms with E-state index in [9.17, 15) is 9.36 Å². The zero-order chi connectivity index (χ0) is 9.07. The van der Waals surface area contributed by atoms with Crippen LogP contribution in [0.2, 0.25) is 0 Å². The first-order valence-electron chi connectivity index (χ1n) is 3.37. The zero-order valence-electron chi connectivity index (χ0n) is 6.51. The summed E-state index contributed by atoms with van der Waals surface area (Å²) < 4.78 is 11.4. The Morgan fingerprint density at radius 2 is 2.09 bits per heavy atom. The predicted molar refractivity (Wildman–Crippen MR) is 48.9 cm³/mol. The number of hydrogen-bond donors (Lipinski definition) is 0. The number of hydrogen-bond acceptors (Lipinski definition) is 2. The van der Waals surface area contributed by atoms with Gasteiger partial charge in [0, 0.05) is 18.2 Å². The standard InChI is InChI=1S/C6H11Cl2O2P/c1-3-11(8,10)5(2)4-6(7)9/h5H,3-4H2,1-2H3. The normalized spacial score (nSPS) is 18.9. The van der Waals surface area contributed by atoms with Crippen molar-refractivity contribution in [2.45, 2.75) is 25.9 Å². The van der Waals surface area contributed by atoms with Crippen molar-refractivity contribution in [3.63, 3.8) is 0 Å². The van der Waals surface area contributed by atoms with Crippen LogP contribution in [0.15, 0.2) is 0 Å². The average Bonchev–Trinajstić information content (AvgIpc) is 1.86. The largest absolute Gasteiger partial charge is 0.306 e. The highest BCUT2D eigenvalue weighted by molar-refractivity contribution is 7.89. The number of carbonyl (C=O) groups excluding carboxylic acids is 1. The van der Waals surface area contributed by atoms with Crippen LogP contribution in [0.5, 0.6) is 0 Å². The van der Waals surface area contributed by atoms with Gasteiger partial charge in [-0.2, -0.15) is 0 Å². The molecule has 0 heterocycles. The van der Waals surface area contributed by atoms with Crippen molar-refractivity contribution in [3.8, 4) is 0 Å². The van der Waals surface area contributed by atoms with Crippen molar-refractivity contribution in [1.29, 1.82) is 0 Å². The maximum absolute atomic E-state index is 11.4. The molecule has 0 amide bonds. The van der Waals surface area contributed by atoms with E-state index in [4.69, 9.17) is 22.8 Å². The topological polar surface area (TPSA) is 34.1 Å². The van der Waals surface area contributed by atoms with Gasteiger partial charge in [0.1, 0.15) is 0 Å². The summed E-state index contributed by atoms with van der Waals surface area (Å²) >= 11 is 10.8. The maximum atomic E-state index is 11.4. The van der Waals surface area contributed by atoms with Gasteiger partial charge in [0.05, 0.1) is 0 Å². The molecule has 0 aliphatic rings. The van der Waals surface area contributed by atoms with Crippen LogP contribution in [0.3, 0.4) is 0 Å². The van der Waals surface area contributed by atoms with E-state index in [-0.39, 0.29) is 12.1 Å². The molecule has 0 saturated heterocycles. The van der Waals surface area contributed by atoms with Crippen molar-refractivity contribution < 1.29 is 9.36 Å². The molecule has 0 N–H and O–H groups in total. The highest BCUT2D eigenvalue weighted by Crippen LogP contribution is 2.56. The Labute approximate surface area is 76.4 Å². The van der Waals surface area contributed by atoms with Gasteiger partial charge in [0.25, 0.3) is 0 Å². The van der Waals surface area contributed by atoms with E-state index in [0.717, 1.165) is 0 Å². The first-order valence-corrected chi connectivity index (χ1v) is 6.61. The Kier molecular flexibility index (Phi) is 4.69. The molecule has 0 saturated carbocycles. The lowest BCUT2D eigenvalue weighted by molar-refractivity contribution is -0.111. The lowest BCUT2D eigenvalue weighted by Crippen LogP contribution is -2.05. The molecule has 0 aromatic carbocycles. The summed E-state index contributed by atoms with van der Waals surface area (Å²) in [5.41, 5.74) is -0.306. The van der Waals surface area contributed by atoms with Crippen LogP contribution in [0.4, 0.5) is 0 Å². The number of rotatable bonds is 4. The van der Waals surface area contributed by atoms with Crippen LogP contribution in [-0.2, 0) is 9.36 Å². The summed E-state index contributed by atoms with van der Waals surface area (Å²) in [6, 6.07) is 0. The molecular formula is C6H11Cl2O2P. The second kappa shape index (κ2) is 4.49. The molecule has 0 bridgehead atoms. The van der Waals surface area contributed by atoms with E-state index in [1.54, 1.807) is 13.8 Å². The molecule has 2 unspecified atom stereocenters. The van der Waals surface area contributed by atoms with Crippen LogP contribution in [-0.4, -0.2) is 17.1 Å². The lowest BCUT2D eigenvalue weighted by atomic mass is 10.4. The minimum atomic E-state index is -2.65. The summed E-state index contributed by atoms with van der Waals surface area (Å²) in [5, 5.41) is -0.480. The van der Waals surface area contributed by atoms with Crippen molar-refractivity contribution >= 4 is 34.6 Å². The molecule has 0 aromatic rings. The second-order valence-electron chi connectivity index (χ2n) is 2.43. The van der Waals surface area contributed by atoms with Crippen LogP contribution in [0.25, 0.3) is 0 Å². The van der Waals surface area contributed by atoms with Gasteiger partial charge >= 0.3 is 0 Å². The van der Waals surface area contributed by atoms with E-state index in [0.29, 0.717) is 6.16 Å². The molecule has 0 rings (SSSR count). The Balaban J connectivity index is 4.13. The Bertz CT molecular complexity index is 193. The lowest BCUT2D eigenvalue weighted by Gasteiger charge is -2.14. The first kappa shape index (κ1) is 11.5. The smallest absolute Gasteiger partial charge is 0.222 e. The molecule has 0 spiro atoms. The highest BCUT2D eigenvalue weighted by Gasteiger charge is 2.25. The SMILES string of the molecule is CCP(=O)(Cl)C(C)CC(=O)Cl.